The molecule has 51 heavy (non-hydrogen) atoms. The lowest BCUT2D eigenvalue weighted by Gasteiger charge is -2.15. The smallest absolute Gasteiger partial charge is 0.194 e. The minimum absolute atomic E-state index is 0.538. The van der Waals surface area contributed by atoms with Crippen molar-refractivity contribution in [2.45, 2.75) is 27.7 Å². The largest absolute Gasteiger partial charge is 0.308 e. The molecule has 0 unspecified atom stereocenters. The number of fused-ring (bicyclic) bond motifs is 3. The monoisotopic (exact) mass is 659 g/mol. The molecule has 9 heteroatoms. The molecule has 0 atom stereocenters. The van der Waals surface area contributed by atoms with Crippen LogP contribution in [0.1, 0.15) is 28.9 Å². The van der Waals surface area contributed by atoms with Gasteiger partial charge in [0.15, 0.2) is 17.3 Å². The van der Waals surface area contributed by atoms with Crippen LogP contribution in [0.25, 0.3) is 77.4 Å². The zero-order valence-corrected chi connectivity index (χ0v) is 28.3. The normalized spacial score (nSPS) is 11.1. The topological polar surface area (TPSA) is 110 Å². The maximum absolute atomic E-state index is 9.94. The molecule has 9 nitrogen and oxygen atoms in total. The summed E-state index contributed by atoms with van der Waals surface area (Å²) in [6, 6.07) is 36.4. The number of aryl methyl sites for hydroxylation is 4. The lowest BCUT2D eigenvalue weighted by molar-refractivity contribution is 0.924. The fourth-order valence-electron chi connectivity index (χ4n) is 6.80. The van der Waals surface area contributed by atoms with Crippen LogP contribution in [0.4, 0.5) is 5.69 Å². The molecule has 0 spiro atoms. The van der Waals surface area contributed by atoms with Gasteiger partial charge in [-0.3, -0.25) is 0 Å². The average molecular weight is 660 g/mol. The Kier molecular flexibility index (Phi) is 7.59. The van der Waals surface area contributed by atoms with Crippen LogP contribution in [0.5, 0.6) is 0 Å². The third-order valence-electron chi connectivity index (χ3n) is 8.91. The van der Waals surface area contributed by atoms with Crippen molar-refractivity contribution in [2.75, 3.05) is 0 Å². The van der Waals surface area contributed by atoms with Crippen LogP contribution in [0, 0.1) is 45.6 Å². The number of nitrogens with zero attached hydrogens (tertiary/aromatic N) is 9. The van der Waals surface area contributed by atoms with Gasteiger partial charge in [0.25, 0.3) is 0 Å². The number of hydrogen-bond acceptors (Lipinski definition) is 7. The molecule has 3 heterocycles. The van der Waals surface area contributed by atoms with Gasteiger partial charge in [0.1, 0.15) is 23.3 Å². The summed E-state index contributed by atoms with van der Waals surface area (Å²) in [6.45, 7) is 15.3. The van der Waals surface area contributed by atoms with Crippen LogP contribution in [-0.4, -0.2) is 34.5 Å². The Balaban J connectivity index is 1.45. The Labute approximate surface area is 294 Å². The van der Waals surface area contributed by atoms with Crippen molar-refractivity contribution in [3.63, 3.8) is 0 Å². The van der Waals surface area contributed by atoms with Gasteiger partial charge in [0.05, 0.1) is 34.9 Å². The first-order chi connectivity index (χ1) is 24.8. The second kappa shape index (κ2) is 12.4. The second-order valence-electron chi connectivity index (χ2n) is 12.3. The molecule has 0 amide bonds. The van der Waals surface area contributed by atoms with Crippen molar-refractivity contribution in [3.8, 4) is 56.8 Å². The molecule has 0 radical (unpaired) electrons. The summed E-state index contributed by atoms with van der Waals surface area (Å²) in [6.07, 6.45) is 0. The Bertz CT molecular complexity index is 2630. The molecule has 242 valence electrons. The summed E-state index contributed by atoms with van der Waals surface area (Å²) in [5, 5.41) is 11.9. The van der Waals surface area contributed by atoms with Crippen molar-refractivity contribution >= 4 is 27.5 Å². The first-order valence-electron chi connectivity index (χ1n) is 16.4. The molecule has 3 aromatic heterocycles. The van der Waals surface area contributed by atoms with E-state index in [1.165, 1.54) is 0 Å². The lowest BCUT2D eigenvalue weighted by Crippen LogP contribution is -2.04. The van der Waals surface area contributed by atoms with Crippen LogP contribution in [0.2, 0.25) is 0 Å². The molecule has 8 rings (SSSR count). The summed E-state index contributed by atoms with van der Waals surface area (Å²) < 4.78 is 2.23. The highest BCUT2D eigenvalue weighted by Crippen LogP contribution is 2.41. The minimum Gasteiger partial charge on any atom is -0.308 e. The molecule has 0 bridgehead atoms. The van der Waals surface area contributed by atoms with E-state index in [0.717, 1.165) is 60.9 Å². The summed E-state index contributed by atoms with van der Waals surface area (Å²) in [7, 11) is 0. The van der Waals surface area contributed by atoms with Crippen LogP contribution in [0.15, 0.2) is 103 Å². The van der Waals surface area contributed by atoms with Gasteiger partial charge in [0.2, 0.25) is 0 Å². The molecule has 0 saturated carbocycles. The molecule has 0 aliphatic carbocycles. The number of para-hydroxylation sites is 1. The number of nitriles is 1. The van der Waals surface area contributed by atoms with Gasteiger partial charge in [-0.2, -0.15) is 5.26 Å². The maximum Gasteiger partial charge on any atom is 0.194 e. The molecular formula is C42H29N9. The first kappa shape index (κ1) is 31.2. The Morgan fingerprint density at radius 2 is 1.08 bits per heavy atom. The molecule has 0 aliphatic rings. The highest BCUT2D eigenvalue weighted by Gasteiger charge is 2.21. The van der Waals surface area contributed by atoms with Crippen LogP contribution in [0.3, 0.4) is 0 Å². The zero-order chi connectivity index (χ0) is 35.2. The van der Waals surface area contributed by atoms with E-state index in [9.17, 15) is 5.26 Å². The molecule has 0 fully saturated rings. The SMILES string of the molecule is [C-]#[N+]c1ccccc1-c1ccc2c(c1)c1cc(-c3ccccc3C#N)ccc1n2-c1ccc(-c2nc(C)nc(C)n2)cc1-c1nc(C)nc(C)n1. The summed E-state index contributed by atoms with van der Waals surface area (Å²) >= 11 is 0. The van der Waals surface area contributed by atoms with Gasteiger partial charge in [-0.05, 0) is 98.5 Å². The van der Waals surface area contributed by atoms with E-state index in [0.29, 0.717) is 46.2 Å². The molecule has 0 N–H and O–H groups in total. The highest BCUT2D eigenvalue weighted by atomic mass is 15.0. The standard InChI is InChI=1S/C42H29N9/c1-24-45-25(2)48-41(47-24)30-16-19-40(36(22-30)42-49-26(3)46-27(4)50-42)51-38-17-14-28(32-11-7-6-10-31(32)23-43)20-34(38)35-21-29(15-18-39(35)51)33-12-8-9-13-37(33)44-5/h6-22H,1-4H3. The minimum atomic E-state index is 0.538. The van der Waals surface area contributed by atoms with Crippen molar-refractivity contribution in [1.82, 2.24) is 34.5 Å². The van der Waals surface area contributed by atoms with Crippen molar-refractivity contribution in [2.24, 2.45) is 0 Å². The predicted molar refractivity (Wildman–Crippen MR) is 199 cm³/mol. The third-order valence-corrected chi connectivity index (χ3v) is 8.91. The van der Waals surface area contributed by atoms with E-state index in [-0.39, 0.29) is 0 Å². The Hall–Kier alpha value is -7.10. The van der Waals surface area contributed by atoms with E-state index < -0.39 is 0 Å². The van der Waals surface area contributed by atoms with Crippen LogP contribution in [-0.2, 0) is 0 Å². The van der Waals surface area contributed by atoms with Gasteiger partial charge < -0.3 is 4.57 Å². The zero-order valence-electron chi connectivity index (χ0n) is 28.3. The number of rotatable bonds is 5. The molecule has 0 saturated heterocycles. The van der Waals surface area contributed by atoms with Gasteiger partial charge in [-0.15, -0.1) is 0 Å². The Morgan fingerprint density at radius 3 is 1.69 bits per heavy atom. The molecule has 8 aromatic rings. The van der Waals surface area contributed by atoms with Crippen molar-refractivity contribution < 1.29 is 0 Å². The summed E-state index contributed by atoms with van der Waals surface area (Å²) in [5.74, 6) is 3.63. The van der Waals surface area contributed by atoms with Gasteiger partial charge >= 0.3 is 0 Å². The average Bonchev–Trinajstić information content (AvgIpc) is 3.46. The summed E-state index contributed by atoms with van der Waals surface area (Å²) in [5.41, 5.74) is 9.19. The summed E-state index contributed by atoms with van der Waals surface area (Å²) in [4.78, 5) is 31.5. The van der Waals surface area contributed by atoms with E-state index >= 15 is 0 Å². The Morgan fingerprint density at radius 1 is 0.549 bits per heavy atom. The first-order valence-corrected chi connectivity index (χ1v) is 16.4. The van der Waals surface area contributed by atoms with Crippen LogP contribution < -0.4 is 0 Å². The van der Waals surface area contributed by atoms with E-state index in [1.807, 2.05) is 88.4 Å². The molecular weight excluding hydrogens is 631 g/mol. The van der Waals surface area contributed by atoms with Gasteiger partial charge in [-0.25, -0.2) is 34.7 Å². The van der Waals surface area contributed by atoms with E-state index in [2.05, 4.69) is 77.9 Å². The third kappa shape index (κ3) is 5.53. The molecule has 0 aliphatic heterocycles. The van der Waals surface area contributed by atoms with Crippen LogP contribution >= 0.6 is 0 Å². The van der Waals surface area contributed by atoms with Crippen molar-refractivity contribution in [3.05, 3.63) is 143 Å². The van der Waals surface area contributed by atoms with E-state index in [4.69, 9.17) is 16.5 Å². The number of hydrogen-bond donors (Lipinski definition) is 0. The van der Waals surface area contributed by atoms with E-state index in [1.54, 1.807) is 0 Å². The lowest BCUT2D eigenvalue weighted by atomic mass is 9.97. The fraction of sp³-hybridized carbons (Fsp3) is 0.0952. The van der Waals surface area contributed by atoms with Gasteiger partial charge in [0, 0.05) is 21.9 Å². The maximum atomic E-state index is 9.94. The highest BCUT2D eigenvalue weighted by molar-refractivity contribution is 6.12. The van der Waals surface area contributed by atoms with Gasteiger partial charge in [-0.1, -0.05) is 54.6 Å². The quantitative estimate of drug-likeness (QED) is 0.169. The second-order valence-corrected chi connectivity index (χ2v) is 12.3. The fourth-order valence-corrected chi connectivity index (χ4v) is 6.80. The number of benzene rings is 5. The molecule has 5 aromatic carbocycles. The number of aromatic nitrogens is 7. The predicted octanol–water partition coefficient (Wildman–Crippen LogP) is 9.48. The van der Waals surface area contributed by atoms with Crippen molar-refractivity contribution in [1.29, 1.82) is 5.26 Å².